The molecule has 1 aliphatic carbocycles. The summed E-state index contributed by atoms with van der Waals surface area (Å²) >= 11 is 0. The predicted molar refractivity (Wildman–Crippen MR) is 97.1 cm³/mol. The monoisotopic (exact) mass is 348 g/mol. The summed E-state index contributed by atoms with van der Waals surface area (Å²) in [6, 6.07) is 2.90. The van der Waals surface area contributed by atoms with Crippen LogP contribution >= 0.6 is 0 Å². The van der Waals surface area contributed by atoms with Crippen molar-refractivity contribution >= 4 is 5.91 Å². The van der Waals surface area contributed by atoms with Gasteiger partial charge < -0.3 is 10.1 Å². The number of nitrogens with one attached hydrogen (secondary N) is 1. The molecule has 6 heteroatoms. The SMILES string of the molecule is CC[C@@H](OC)C(=O)NCc1cc2n(n1)CCCN(C1CCCCC1)C2. The molecule has 0 aromatic carbocycles. The Labute approximate surface area is 150 Å². The molecule has 1 aromatic heterocycles. The molecule has 0 saturated heterocycles. The Balaban J connectivity index is 1.60. The number of aromatic nitrogens is 2. The predicted octanol–water partition coefficient (Wildman–Crippen LogP) is 2.46. The van der Waals surface area contributed by atoms with Crippen LogP contribution in [0.15, 0.2) is 6.07 Å². The quantitative estimate of drug-likeness (QED) is 0.858. The zero-order valence-electron chi connectivity index (χ0n) is 15.7. The van der Waals surface area contributed by atoms with E-state index in [-0.39, 0.29) is 12.0 Å². The fraction of sp³-hybridized carbons (Fsp3) is 0.789. The maximum Gasteiger partial charge on any atom is 0.249 e. The van der Waals surface area contributed by atoms with E-state index in [9.17, 15) is 4.79 Å². The number of amides is 1. The Hall–Kier alpha value is -1.40. The van der Waals surface area contributed by atoms with Crippen molar-refractivity contribution in [1.29, 1.82) is 0 Å². The molecule has 25 heavy (non-hydrogen) atoms. The van der Waals surface area contributed by atoms with Gasteiger partial charge in [0, 0.05) is 32.8 Å². The molecule has 1 amide bonds. The normalized spacial score (nSPS) is 20.7. The van der Waals surface area contributed by atoms with E-state index >= 15 is 0 Å². The van der Waals surface area contributed by atoms with Crippen LogP contribution < -0.4 is 5.32 Å². The average Bonchev–Trinajstić information content (AvgIpc) is 2.92. The van der Waals surface area contributed by atoms with Crippen LogP contribution in [0, 0.1) is 0 Å². The van der Waals surface area contributed by atoms with Gasteiger partial charge in [0.15, 0.2) is 0 Å². The van der Waals surface area contributed by atoms with Crippen LogP contribution in [0.3, 0.4) is 0 Å². The van der Waals surface area contributed by atoms with Gasteiger partial charge in [0.2, 0.25) is 5.91 Å². The van der Waals surface area contributed by atoms with E-state index in [1.807, 2.05) is 6.92 Å². The van der Waals surface area contributed by atoms with Crippen LogP contribution in [0.1, 0.15) is 63.3 Å². The van der Waals surface area contributed by atoms with Gasteiger partial charge >= 0.3 is 0 Å². The van der Waals surface area contributed by atoms with Gasteiger partial charge in [0.05, 0.1) is 17.9 Å². The molecule has 2 heterocycles. The number of fused-ring (bicyclic) bond motifs is 1. The molecule has 3 rings (SSSR count). The molecule has 6 nitrogen and oxygen atoms in total. The van der Waals surface area contributed by atoms with Crippen molar-refractivity contribution in [3.8, 4) is 0 Å². The smallest absolute Gasteiger partial charge is 0.249 e. The summed E-state index contributed by atoms with van der Waals surface area (Å²) in [5, 5.41) is 7.65. The second-order valence-corrected chi connectivity index (χ2v) is 7.32. The third-order valence-electron chi connectivity index (χ3n) is 5.58. The van der Waals surface area contributed by atoms with E-state index < -0.39 is 0 Å². The number of nitrogens with zero attached hydrogens (tertiary/aromatic N) is 3. The van der Waals surface area contributed by atoms with E-state index in [2.05, 4.69) is 21.0 Å². The van der Waals surface area contributed by atoms with Crippen LogP contribution in [0.2, 0.25) is 0 Å². The van der Waals surface area contributed by atoms with Gasteiger partial charge in [-0.05, 0) is 31.7 Å². The highest BCUT2D eigenvalue weighted by Crippen LogP contribution is 2.25. The number of rotatable bonds is 6. The molecule has 1 aromatic rings. The summed E-state index contributed by atoms with van der Waals surface area (Å²) < 4.78 is 7.32. The first kappa shape index (κ1) is 18.4. The van der Waals surface area contributed by atoms with Gasteiger partial charge in [-0.25, -0.2) is 0 Å². The highest BCUT2D eigenvalue weighted by Gasteiger charge is 2.25. The van der Waals surface area contributed by atoms with Crippen LogP contribution in [0.4, 0.5) is 0 Å². The number of hydrogen-bond acceptors (Lipinski definition) is 4. The van der Waals surface area contributed by atoms with Gasteiger partial charge in [-0.2, -0.15) is 5.10 Å². The van der Waals surface area contributed by atoms with Crippen molar-refractivity contribution in [2.75, 3.05) is 13.7 Å². The third kappa shape index (κ3) is 4.61. The van der Waals surface area contributed by atoms with Crippen molar-refractivity contribution in [3.05, 3.63) is 17.5 Å². The highest BCUT2D eigenvalue weighted by molar-refractivity contribution is 5.80. The standard InChI is InChI=1S/C19H32N4O2/c1-3-18(25-2)19(24)20-13-15-12-17-14-22(10-7-11-23(17)21-15)16-8-5-4-6-9-16/h12,16,18H,3-11,13-14H2,1-2H3,(H,20,24)/t18-/m1/s1. The van der Waals surface area contributed by atoms with Gasteiger partial charge in [-0.1, -0.05) is 26.2 Å². The molecular formula is C19H32N4O2. The van der Waals surface area contributed by atoms with Crippen molar-refractivity contribution in [1.82, 2.24) is 20.0 Å². The molecule has 1 atom stereocenters. The number of hydrogen-bond donors (Lipinski definition) is 1. The average molecular weight is 348 g/mol. The summed E-state index contributed by atoms with van der Waals surface area (Å²) in [5.41, 5.74) is 2.23. The summed E-state index contributed by atoms with van der Waals surface area (Å²) in [6.07, 6.45) is 8.27. The molecule has 0 bridgehead atoms. The molecule has 140 valence electrons. The second kappa shape index (κ2) is 8.81. The second-order valence-electron chi connectivity index (χ2n) is 7.32. The summed E-state index contributed by atoms with van der Waals surface area (Å²) in [7, 11) is 1.58. The Morgan fingerprint density at radius 2 is 2.12 bits per heavy atom. The molecule has 0 radical (unpaired) electrons. The molecule has 1 N–H and O–H groups in total. The molecule has 0 unspecified atom stereocenters. The lowest BCUT2D eigenvalue weighted by Crippen LogP contribution is -2.36. The molecule has 0 spiro atoms. The van der Waals surface area contributed by atoms with E-state index in [0.29, 0.717) is 13.0 Å². The fourth-order valence-electron chi connectivity index (χ4n) is 4.14. The molecule has 1 fully saturated rings. The number of methoxy groups -OCH3 is 1. The number of carbonyl (C=O) groups is 1. The summed E-state index contributed by atoms with van der Waals surface area (Å²) in [5.74, 6) is -0.0583. The minimum absolute atomic E-state index is 0.0583. The summed E-state index contributed by atoms with van der Waals surface area (Å²) in [6.45, 7) is 5.56. The first-order valence-corrected chi connectivity index (χ1v) is 9.81. The first-order valence-electron chi connectivity index (χ1n) is 9.81. The Kier molecular flexibility index (Phi) is 6.48. The number of aryl methyl sites for hydroxylation is 1. The van der Waals surface area contributed by atoms with Gasteiger partial charge in [0.1, 0.15) is 6.10 Å². The zero-order chi connectivity index (χ0) is 17.6. The highest BCUT2D eigenvalue weighted by atomic mass is 16.5. The van der Waals surface area contributed by atoms with Crippen LogP contribution in [-0.2, 0) is 29.2 Å². The lowest BCUT2D eigenvalue weighted by Gasteiger charge is -2.33. The van der Waals surface area contributed by atoms with Gasteiger partial charge in [-0.3, -0.25) is 14.4 Å². The van der Waals surface area contributed by atoms with E-state index in [0.717, 1.165) is 31.2 Å². The van der Waals surface area contributed by atoms with Gasteiger partial charge in [0.25, 0.3) is 0 Å². The van der Waals surface area contributed by atoms with Crippen LogP contribution in [0.5, 0.6) is 0 Å². The van der Waals surface area contributed by atoms with Crippen molar-refractivity contribution < 1.29 is 9.53 Å². The minimum atomic E-state index is -0.373. The first-order chi connectivity index (χ1) is 12.2. The Bertz CT molecular complexity index is 562. The fourth-order valence-corrected chi connectivity index (χ4v) is 4.14. The molecular weight excluding hydrogens is 316 g/mol. The maximum atomic E-state index is 12.1. The largest absolute Gasteiger partial charge is 0.372 e. The lowest BCUT2D eigenvalue weighted by molar-refractivity contribution is -0.131. The van der Waals surface area contributed by atoms with E-state index in [4.69, 9.17) is 9.84 Å². The van der Waals surface area contributed by atoms with Crippen LogP contribution in [0.25, 0.3) is 0 Å². The number of carbonyl (C=O) groups excluding carboxylic acids is 1. The zero-order valence-corrected chi connectivity index (χ0v) is 15.7. The third-order valence-corrected chi connectivity index (χ3v) is 5.58. The van der Waals surface area contributed by atoms with Crippen molar-refractivity contribution in [3.63, 3.8) is 0 Å². The molecule has 2 aliphatic rings. The van der Waals surface area contributed by atoms with E-state index in [1.54, 1.807) is 7.11 Å². The topological polar surface area (TPSA) is 59.4 Å². The van der Waals surface area contributed by atoms with Crippen molar-refractivity contribution in [2.24, 2.45) is 0 Å². The Morgan fingerprint density at radius 1 is 1.32 bits per heavy atom. The van der Waals surface area contributed by atoms with Gasteiger partial charge in [-0.15, -0.1) is 0 Å². The number of ether oxygens (including phenoxy) is 1. The summed E-state index contributed by atoms with van der Waals surface area (Å²) in [4.78, 5) is 14.7. The van der Waals surface area contributed by atoms with Crippen molar-refractivity contribution in [2.45, 2.75) is 83.6 Å². The minimum Gasteiger partial charge on any atom is -0.372 e. The van der Waals surface area contributed by atoms with Crippen LogP contribution in [-0.4, -0.2) is 46.4 Å². The Morgan fingerprint density at radius 3 is 2.84 bits per heavy atom. The maximum absolute atomic E-state index is 12.1. The molecule has 1 saturated carbocycles. The molecule has 1 aliphatic heterocycles. The lowest BCUT2D eigenvalue weighted by atomic mass is 9.94. The van der Waals surface area contributed by atoms with E-state index in [1.165, 1.54) is 44.3 Å².